The smallest absolute Gasteiger partial charge is 0.273 e. The number of alkyl halides is 2. The Kier molecular flexibility index (Phi) is 13.2. The Bertz CT molecular complexity index is 137. The van der Waals surface area contributed by atoms with E-state index >= 15 is 0 Å². The van der Waals surface area contributed by atoms with Crippen molar-refractivity contribution in [3.8, 4) is 0 Å². The van der Waals surface area contributed by atoms with E-state index in [1.54, 1.807) is 0 Å². The first kappa shape index (κ1) is 21.1. The van der Waals surface area contributed by atoms with E-state index in [1.807, 2.05) is 41.5 Å². The van der Waals surface area contributed by atoms with Crippen molar-refractivity contribution in [2.24, 2.45) is 5.92 Å². The molecular formula is C13H30F2O. The lowest BCUT2D eigenvalue weighted by molar-refractivity contribution is -0.184. The molecule has 1 nitrogen and oxygen atoms in total. The molecule has 0 N–H and O–H groups in total. The summed E-state index contributed by atoms with van der Waals surface area (Å²) < 4.78 is 30.8. The second kappa shape index (κ2) is 10.0. The fraction of sp³-hybridized carbons (Fsp3) is 1.00. The Morgan fingerprint density at radius 3 is 1.44 bits per heavy atom. The van der Waals surface area contributed by atoms with Crippen molar-refractivity contribution in [1.29, 1.82) is 0 Å². The van der Waals surface area contributed by atoms with Gasteiger partial charge in [0.2, 0.25) is 0 Å². The zero-order chi connectivity index (χ0) is 14.0. The molecule has 0 aliphatic rings. The van der Waals surface area contributed by atoms with Crippen molar-refractivity contribution in [3.05, 3.63) is 0 Å². The van der Waals surface area contributed by atoms with E-state index < -0.39 is 11.5 Å². The van der Waals surface area contributed by atoms with Crippen molar-refractivity contribution in [2.45, 2.75) is 73.8 Å². The fourth-order valence-corrected chi connectivity index (χ4v) is 0.502. The van der Waals surface area contributed by atoms with Crippen LogP contribution in [-0.2, 0) is 4.74 Å². The van der Waals surface area contributed by atoms with Gasteiger partial charge in [0.05, 0.1) is 0 Å². The quantitative estimate of drug-likeness (QED) is 0.660. The topological polar surface area (TPSA) is 9.23 Å². The molecule has 0 saturated heterocycles. The summed E-state index contributed by atoms with van der Waals surface area (Å²) in [5.74, 6) is -2.51. The normalized spacial score (nSPS) is 11.2. The van der Waals surface area contributed by atoms with Gasteiger partial charge < -0.3 is 4.74 Å². The van der Waals surface area contributed by atoms with Crippen LogP contribution < -0.4 is 0 Å². The summed E-state index contributed by atoms with van der Waals surface area (Å²) in [6.07, 6.45) is 0. The highest BCUT2D eigenvalue weighted by molar-refractivity contribution is 4.82. The molecule has 102 valence electrons. The Balaban J connectivity index is -0.000000376. The first-order chi connectivity index (χ1) is 7.17. The Morgan fingerprint density at radius 1 is 0.938 bits per heavy atom. The van der Waals surface area contributed by atoms with Crippen molar-refractivity contribution in [1.82, 2.24) is 0 Å². The molecule has 0 radical (unpaired) electrons. The summed E-state index contributed by atoms with van der Waals surface area (Å²) >= 11 is 0. The van der Waals surface area contributed by atoms with Crippen molar-refractivity contribution < 1.29 is 13.5 Å². The van der Waals surface area contributed by atoms with Crippen LogP contribution in [0.25, 0.3) is 0 Å². The largest absolute Gasteiger partial charge is 0.369 e. The molecule has 0 atom stereocenters. The minimum absolute atomic E-state index is 0.284. The highest BCUT2D eigenvalue weighted by atomic mass is 19.3. The average molecular weight is 240 g/mol. The third kappa shape index (κ3) is 10.3. The van der Waals surface area contributed by atoms with Crippen LogP contribution in [0.3, 0.4) is 0 Å². The number of hydrogen-bond acceptors (Lipinski definition) is 1. The highest BCUT2D eigenvalue weighted by Gasteiger charge is 2.43. The van der Waals surface area contributed by atoms with Crippen LogP contribution in [0.1, 0.15) is 62.3 Å². The second-order valence-corrected chi connectivity index (χ2v) is 4.10. The van der Waals surface area contributed by atoms with Crippen LogP contribution in [-0.4, -0.2) is 18.1 Å². The molecule has 0 aromatic heterocycles. The Hall–Kier alpha value is -0.180. The first-order valence-electron chi connectivity index (χ1n) is 6.18. The van der Waals surface area contributed by atoms with Gasteiger partial charge in [-0.1, -0.05) is 41.5 Å². The molecule has 0 amide bonds. The fourth-order valence-electron chi connectivity index (χ4n) is 0.502. The molecule has 3 heteroatoms. The van der Waals surface area contributed by atoms with Crippen LogP contribution in [0, 0.1) is 5.92 Å². The van der Waals surface area contributed by atoms with E-state index in [0.29, 0.717) is 6.61 Å². The zero-order valence-corrected chi connectivity index (χ0v) is 12.4. The van der Waals surface area contributed by atoms with Gasteiger partial charge >= 0.3 is 0 Å². The molecule has 0 spiro atoms. The molecule has 0 aliphatic carbocycles. The van der Waals surface area contributed by atoms with Gasteiger partial charge in [0, 0.05) is 13.5 Å². The number of halogens is 2. The van der Waals surface area contributed by atoms with Gasteiger partial charge in [-0.2, -0.15) is 0 Å². The lowest BCUT2D eigenvalue weighted by Gasteiger charge is -2.32. The maximum atomic E-state index is 12.8. The van der Waals surface area contributed by atoms with Gasteiger partial charge in [-0.15, -0.1) is 0 Å². The van der Waals surface area contributed by atoms with Crippen molar-refractivity contribution >= 4 is 0 Å². The van der Waals surface area contributed by atoms with Gasteiger partial charge in [-0.25, -0.2) is 8.78 Å². The summed E-state index contributed by atoms with van der Waals surface area (Å²) in [7, 11) is 0. The lowest BCUT2D eigenvalue weighted by Crippen LogP contribution is -2.43. The van der Waals surface area contributed by atoms with Crippen LogP contribution in [0.5, 0.6) is 0 Å². The molecular weight excluding hydrogens is 210 g/mol. The van der Waals surface area contributed by atoms with Gasteiger partial charge in [0.15, 0.2) is 0 Å². The predicted molar refractivity (Wildman–Crippen MR) is 68.2 cm³/mol. The van der Waals surface area contributed by atoms with E-state index in [0.717, 1.165) is 6.92 Å². The third-order valence-corrected chi connectivity index (χ3v) is 1.83. The molecule has 0 fully saturated rings. The van der Waals surface area contributed by atoms with Gasteiger partial charge in [0.25, 0.3) is 5.92 Å². The number of ether oxygens (including phenoxy) is 1. The summed E-state index contributed by atoms with van der Waals surface area (Å²) in [5, 5.41) is 0. The molecule has 0 bridgehead atoms. The third-order valence-electron chi connectivity index (χ3n) is 1.83. The van der Waals surface area contributed by atoms with E-state index in [9.17, 15) is 8.78 Å². The standard InChI is InChI=1S/C9H18F2O.2C2H6/c1-7(2)6-12-8(3,4)9(5,10)11;2*1-2/h7H,6H2,1-5H3;2*1-2H3. The van der Waals surface area contributed by atoms with Gasteiger partial charge in [0.1, 0.15) is 5.60 Å². The lowest BCUT2D eigenvalue weighted by atomic mass is 10.0. The SMILES string of the molecule is CC.CC.CC(C)COC(C)(C)C(C)(F)F. The van der Waals surface area contributed by atoms with E-state index in [4.69, 9.17) is 4.74 Å². The second-order valence-electron chi connectivity index (χ2n) is 4.10. The van der Waals surface area contributed by atoms with Crippen LogP contribution >= 0.6 is 0 Å². The van der Waals surface area contributed by atoms with Gasteiger partial charge in [-0.3, -0.25) is 0 Å². The summed E-state index contributed by atoms with van der Waals surface area (Å²) in [5.41, 5.74) is -1.36. The molecule has 16 heavy (non-hydrogen) atoms. The van der Waals surface area contributed by atoms with Crippen LogP contribution in [0.15, 0.2) is 0 Å². The highest BCUT2D eigenvalue weighted by Crippen LogP contribution is 2.31. The molecule has 0 saturated carbocycles. The Morgan fingerprint density at radius 2 is 1.25 bits per heavy atom. The average Bonchev–Trinajstić information content (AvgIpc) is 2.19. The summed E-state index contributed by atoms with van der Waals surface area (Å²) in [6.45, 7) is 15.9. The van der Waals surface area contributed by atoms with Crippen molar-refractivity contribution in [2.75, 3.05) is 6.61 Å². The molecule has 0 aliphatic heterocycles. The number of rotatable bonds is 4. The predicted octanol–water partition coefficient (Wildman–Crippen LogP) is 5.15. The molecule has 0 heterocycles. The Labute approximate surface area is 101 Å². The minimum atomic E-state index is -2.79. The molecule has 0 aromatic carbocycles. The van der Waals surface area contributed by atoms with Gasteiger partial charge in [-0.05, 0) is 19.8 Å². The van der Waals surface area contributed by atoms with Crippen LogP contribution in [0.2, 0.25) is 0 Å². The monoisotopic (exact) mass is 240 g/mol. The summed E-state index contributed by atoms with van der Waals surface area (Å²) in [4.78, 5) is 0. The van der Waals surface area contributed by atoms with Crippen LogP contribution in [0.4, 0.5) is 8.78 Å². The number of hydrogen-bond donors (Lipinski definition) is 0. The summed E-state index contributed by atoms with van der Waals surface area (Å²) in [6, 6.07) is 0. The van der Waals surface area contributed by atoms with Crippen molar-refractivity contribution in [3.63, 3.8) is 0 Å². The molecule has 0 rings (SSSR count). The molecule has 0 aromatic rings. The van der Waals surface area contributed by atoms with E-state index in [1.165, 1.54) is 13.8 Å². The van der Waals surface area contributed by atoms with E-state index in [-0.39, 0.29) is 5.92 Å². The zero-order valence-electron chi connectivity index (χ0n) is 12.4. The molecule has 0 unspecified atom stereocenters. The van der Waals surface area contributed by atoms with E-state index in [2.05, 4.69) is 0 Å². The maximum absolute atomic E-state index is 12.8. The maximum Gasteiger partial charge on any atom is 0.273 e. The first-order valence-corrected chi connectivity index (χ1v) is 6.18. The minimum Gasteiger partial charge on any atom is -0.369 e.